The van der Waals surface area contributed by atoms with E-state index in [4.69, 9.17) is 12.2 Å². The molecule has 0 atom stereocenters. The molecular formula is C22H27N3OS. The summed E-state index contributed by atoms with van der Waals surface area (Å²) in [6.07, 6.45) is 3.43. The maximum atomic E-state index is 12.7. The van der Waals surface area contributed by atoms with Gasteiger partial charge >= 0.3 is 0 Å². The van der Waals surface area contributed by atoms with E-state index >= 15 is 0 Å². The molecule has 1 aliphatic heterocycles. The van der Waals surface area contributed by atoms with Gasteiger partial charge in [-0.25, -0.2) is 0 Å². The number of aryl methyl sites for hydroxylation is 2. The standard InChI is InChI=1S/C22H27N3OS/c1-16-11-17(2)13-20(12-16)24-22(27)23-15-18-7-6-8-19(14-18)21(26)25-9-4-3-5-10-25/h6-8,11-14H,3-5,9-10,15H2,1-2H3,(H2,23,24,27). The Morgan fingerprint density at radius 2 is 1.74 bits per heavy atom. The van der Waals surface area contributed by atoms with E-state index in [-0.39, 0.29) is 5.91 Å². The summed E-state index contributed by atoms with van der Waals surface area (Å²) >= 11 is 5.41. The second-order valence-electron chi connectivity index (χ2n) is 7.24. The maximum absolute atomic E-state index is 12.7. The number of amides is 1. The van der Waals surface area contributed by atoms with E-state index in [0.717, 1.165) is 42.7 Å². The number of piperidine rings is 1. The summed E-state index contributed by atoms with van der Waals surface area (Å²) in [4.78, 5) is 14.6. The van der Waals surface area contributed by atoms with Gasteiger partial charge in [0.15, 0.2) is 5.11 Å². The predicted octanol–water partition coefficient (Wildman–Crippen LogP) is 4.42. The van der Waals surface area contributed by atoms with Gasteiger partial charge in [0.1, 0.15) is 0 Å². The van der Waals surface area contributed by atoms with Crippen LogP contribution in [0.25, 0.3) is 0 Å². The summed E-state index contributed by atoms with van der Waals surface area (Å²) < 4.78 is 0. The Bertz CT molecular complexity index is 808. The maximum Gasteiger partial charge on any atom is 0.253 e. The number of thiocarbonyl (C=S) groups is 1. The number of hydrogen-bond acceptors (Lipinski definition) is 2. The number of nitrogens with zero attached hydrogens (tertiary/aromatic N) is 1. The van der Waals surface area contributed by atoms with Gasteiger partial charge in [-0.1, -0.05) is 18.2 Å². The molecule has 2 aromatic carbocycles. The lowest BCUT2D eigenvalue weighted by molar-refractivity contribution is 0.0724. The van der Waals surface area contributed by atoms with Gasteiger partial charge in [-0.05, 0) is 86.3 Å². The van der Waals surface area contributed by atoms with Crippen LogP contribution >= 0.6 is 12.2 Å². The molecule has 1 saturated heterocycles. The topological polar surface area (TPSA) is 44.4 Å². The van der Waals surface area contributed by atoms with Gasteiger partial charge in [0, 0.05) is 30.9 Å². The lowest BCUT2D eigenvalue weighted by Crippen LogP contribution is -2.35. The molecule has 1 heterocycles. The Labute approximate surface area is 167 Å². The third-order valence-electron chi connectivity index (χ3n) is 4.75. The van der Waals surface area contributed by atoms with Gasteiger partial charge < -0.3 is 15.5 Å². The van der Waals surface area contributed by atoms with Crippen molar-refractivity contribution in [1.82, 2.24) is 10.2 Å². The van der Waals surface area contributed by atoms with Crippen molar-refractivity contribution in [3.63, 3.8) is 0 Å². The highest BCUT2D eigenvalue weighted by molar-refractivity contribution is 7.80. The first-order valence-electron chi connectivity index (χ1n) is 9.52. The molecule has 27 heavy (non-hydrogen) atoms. The molecule has 0 aliphatic carbocycles. The van der Waals surface area contributed by atoms with Crippen molar-refractivity contribution < 1.29 is 4.79 Å². The number of likely N-dealkylation sites (tertiary alicyclic amines) is 1. The fourth-order valence-corrected chi connectivity index (χ4v) is 3.69. The summed E-state index contributed by atoms with van der Waals surface area (Å²) in [6, 6.07) is 14.1. The zero-order valence-corrected chi connectivity index (χ0v) is 16.9. The first-order valence-corrected chi connectivity index (χ1v) is 9.93. The molecule has 1 aliphatic rings. The van der Waals surface area contributed by atoms with Gasteiger partial charge in [0.05, 0.1) is 0 Å². The lowest BCUT2D eigenvalue weighted by atomic mass is 10.1. The fourth-order valence-electron chi connectivity index (χ4n) is 3.50. The molecule has 0 aromatic heterocycles. The number of hydrogen-bond donors (Lipinski definition) is 2. The normalized spacial score (nSPS) is 13.9. The number of benzene rings is 2. The van der Waals surface area contributed by atoms with E-state index < -0.39 is 0 Å². The summed E-state index contributed by atoms with van der Waals surface area (Å²) in [5.74, 6) is 0.132. The third kappa shape index (κ3) is 5.54. The molecule has 2 N–H and O–H groups in total. The Hall–Kier alpha value is -2.40. The van der Waals surface area contributed by atoms with Crippen molar-refractivity contribution in [3.05, 3.63) is 64.7 Å². The van der Waals surface area contributed by atoms with E-state index in [1.807, 2.05) is 29.2 Å². The Morgan fingerprint density at radius 3 is 2.44 bits per heavy atom. The van der Waals surface area contributed by atoms with Crippen molar-refractivity contribution >= 4 is 28.9 Å². The first-order chi connectivity index (χ1) is 13.0. The SMILES string of the molecule is Cc1cc(C)cc(NC(=S)NCc2cccc(C(=O)N3CCCCC3)c2)c1. The van der Waals surface area contributed by atoms with Gasteiger partial charge in [-0.15, -0.1) is 0 Å². The van der Waals surface area contributed by atoms with Gasteiger partial charge in [0.2, 0.25) is 0 Å². The van der Waals surface area contributed by atoms with Crippen LogP contribution in [-0.2, 0) is 6.54 Å². The summed E-state index contributed by atoms with van der Waals surface area (Å²) in [5.41, 5.74) is 5.18. The number of anilines is 1. The van der Waals surface area contributed by atoms with Crippen molar-refractivity contribution in [2.45, 2.75) is 39.7 Å². The second-order valence-corrected chi connectivity index (χ2v) is 7.65. The van der Waals surface area contributed by atoms with Crippen LogP contribution in [0.1, 0.15) is 46.3 Å². The average Bonchev–Trinajstić information content (AvgIpc) is 2.66. The highest BCUT2D eigenvalue weighted by Crippen LogP contribution is 2.15. The summed E-state index contributed by atoms with van der Waals surface area (Å²) in [5, 5.41) is 7.03. The zero-order chi connectivity index (χ0) is 19.2. The van der Waals surface area contributed by atoms with Crippen LogP contribution in [0.15, 0.2) is 42.5 Å². The molecule has 0 saturated carbocycles. The zero-order valence-electron chi connectivity index (χ0n) is 16.0. The highest BCUT2D eigenvalue weighted by atomic mass is 32.1. The van der Waals surface area contributed by atoms with E-state index in [9.17, 15) is 4.79 Å². The third-order valence-corrected chi connectivity index (χ3v) is 5.00. The number of carbonyl (C=O) groups excluding carboxylic acids is 1. The number of nitrogens with one attached hydrogen (secondary N) is 2. The van der Waals surface area contributed by atoms with Crippen LogP contribution in [0, 0.1) is 13.8 Å². The summed E-state index contributed by atoms with van der Waals surface area (Å²) in [7, 11) is 0. The molecule has 3 rings (SSSR count). The van der Waals surface area contributed by atoms with Crippen molar-refractivity contribution in [2.24, 2.45) is 0 Å². The van der Waals surface area contributed by atoms with Crippen LogP contribution in [0.3, 0.4) is 0 Å². The van der Waals surface area contributed by atoms with Gasteiger partial charge in [-0.3, -0.25) is 4.79 Å². The lowest BCUT2D eigenvalue weighted by Gasteiger charge is -2.26. The van der Waals surface area contributed by atoms with Crippen LogP contribution in [0.4, 0.5) is 5.69 Å². The fraction of sp³-hybridized carbons (Fsp3) is 0.364. The second kappa shape index (κ2) is 9.00. The van der Waals surface area contributed by atoms with Crippen molar-refractivity contribution in [1.29, 1.82) is 0 Å². The minimum atomic E-state index is 0.132. The van der Waals surface area contributed by atoms with E-state index in [1.165, 1.54) is 17.5 Å². The van der Waals surface area contributed by atoms with Crippen LogP contribution in [0.2, 0.25) is 0 Å². The predicted molar refractivity (Wildman–Crippen MR) is 115 cm³/mol. The van der Waals surface area contributed by atoms with Crippen LogP contribution < -0.4 is 10.6 Å². The minimum Gasteiger partial charge on any atom is -0.358 e. The molecule has 2 aromatic rings. The number of rotatable bonds is 4. The quantitative estimate of drug-likeness (QED) is 0.770. The van der Waals surface area contributed by atoms with E-state index in [1.54, 1.807) is 0 Å². The molecule has 0 spiro atoms. The number of carbonyl (C=O) groups is 1. The van der Waals surface area contributed by atoms with Crippen LogP contribution in [-0.4, -0.2) is 29.0 Å². The molecule has 1 amide bonds. The van der Waals surface area contributed by atoms with Gasteiger partial charge in [-0.2, -0.15) is 0 Å². The van der Waals surface area contributed by atoms with E-state index in [0.29, 0.717) is 11.7 Å². The average molecular weight is 382 g/mol. The highest BCUT2D eigenvalue weighted by Gasteiger charge is 2.18. The molecule has 4 nitrogen and oxygen atoms in total. The molecule has 0 bridgehead atoms. The van der Waals surface area contributed by atoms with Crippen LogP contribution in [0.5, 0.6) is 0 Å². The largest absolute Gasteiger partial charge is 0.358 e. The molecule has 142 valence electrons. The molecule has 5 heteroatoms. The first kappa shape index (κ1) is 19.4. The minimum absolute atomic E-state index is 0.132. The Morgan fingerprint density at radius 1 is 1.04 bits per heavy atom. The monoisotopic (exact) mass is 381 g/mol. The molecule has 0 radical (unpaired) electrons. The summed E-state index contributed by atoms with van der Waals surface area (Å²) in [6.45, 7) is 6.45. The Kier molecular flexibility index (Phi) is 6.45. The van der Waals surface area contributed by atoms with Gasteiger partial charge in [0.25, 0.3) is 5.91 Å². The Balaban J connectivity index is 1.57. The van der Waals surface area contributed by atoms with Crippen molar-refractivity contribution in [3.8, 4) is 0 Å². The van der Waals surface area contributed by atoms with E-state index in [2.05, 4.69) is 42.7 Å². The molecule has 0 unspecified atom stereocenters. The van der Waals surface area contributed by atoms with Crippen molar-refractivity contribution in [2.75, 3.05) is 18.4 Å². The molecular weight excluding hydrogens is 354 g/mol. The smallest absolute Gasteiger partial charge is 0.253 e. The molecule has 1 fully saturated rings.